The molecule has 0 atom stereocenters. The first-order chi connectivity index (χ1) is 16.7. The van der Waals surface area contributed by atoms with Crippen molar-refractivity contribution >= 4 is 12.2 Å². The zero-order chi connectivity index (χ0) is 23.8. The minimum absolute atomic E-state index is 0.805. The quantitative estimate of drug-likeness (QED) is 0.214. The van der Waals surface area contributed by atoms with Crippen LogP contribution in [0.2, 0.25) is 0 Å². The molecule has 2 heterocycles. The standard InChI is InChI=1S/C31H40N2O/c1-3-4-5-6-7-8-9-10-11-12-23-34-29-19-16-27(17-20-29)14-15-28-18-22-31(33-25-28)30-21-13-26(2)24-32-30/h13-22,24-25H,3-12,23H2,1-2H3/b15-14+. The van der Waals surface area contributed by atoms with Gasteiger partial charge in [0.2, 0.25) is 0 Å². The van der Waals surface area contributed by atoms with Gasteiger partial charge in [-0.15, -0.1) is 0 Å². The van der Waals surface area contributed by atoms with Gasteiger partial charge in [0.1, 0.15) is 5.75 Å². The van der Waals surface area contributed by atoms with Crippen LogP contribution < -0.4 is 4.74 Å². The van der Waals surface area contributed by atoms with E-state index >= 15 is 0 Å². The predicted molar refractivity (Wildman–Crippen MR) is 145 cm³/mol. The van der Waals surface area contributed by atoms with Crippen molar-refractivity contribution < 1.29 is 4.74 Å². The Kier molecular flexibility index (Phi) is 11.4. The van der Waals surface area contributed by atoms with Gasteiger partial charge in [0.15, 0.2) is 0 Å². The summed E-state index contributed by atoms with van der Waals surface area (Å²) in [5, 5.41) is 0. The zero-order valence-corrected chi connectivity index (χ0v) is 21.0. The van der Waals surface area contributed by atoms with Gasteiger partial charge in [-0.3, -0.25) is 9.97 Å². The highest BCUT2D eigenvalue weighted by atomic mass is 16.5. The van der Waals surface area contributed by atoms with E-state index in [0.29, 0.717) is 0 Å². The topological polar surface area (TPSA) is 35.0 Å². The molecule has 3 aromatic rings. The van der Waals surface area contributed by atoms with Crippen LogP contribution in [-0.2, 0) is 0 Å². The molecule has 0 spiro atoms. The average Bonchev–Trinajstić information content (AvgIpc) is 2.87. The summed E-state index contributed by atoms with van der Waals surface area (Å²) in [6, 6.07) is 16.5. The summed E-state index contributed by atoms with van der Waals surface area (Å²) in [4.78, 5) is 8.99. The molecule has 0 saturated heterocycles. The second-order valence-electron chi connectivity index (χ2n) is 9.13. The van der Waals surface area contributed by atoms with Crippen molar-refractivity contribution in [1.29, 1.82) is 0 Å². The van der Waals surface area contributed by atoms with Crippen LogP contribution in [0.3, 0.4) is 0 Å². The maximum atomic E-state index is 5.92. The molecule has 0 aliphatic heterocycles. The Morgan fingerprint density at radius 3 is 1.76 bits per heavy atom. The van der Waals surface area contributed by atoms with Crippen LogP contribution in [0.5, 0.6) is 5.75 Å². The van der Waals surface area contributed by atoms with Gasteiger partial charge >= 0.3 is 0 Å². The number of unbranched alkanes of at least 4 members (excludes halogenated alkanes) is 9. The van der Waals surface area contributed by atoms with Crippen LogP contribution in [0, 0.1) is 6.92 Å². The molecule has 1 aromatic carbocycles. The molecule has 0 saturated carbocycles. The third kappa shape index (κ3) is 9.51. The molecule has 3 nitrogen and oxygen atoms in total. The van der Waals surface area contributed by atoms with E-state index in [1.54, 1.807) is 0 Å². The van der Waals surface area contributed by atoms with Gasteiger partial charge in [0.05, 0.1) is 18.0 Å². The molecule has 0 aliphatic rings. The Hall–Kier alpha value is -2.94. The molecule has 0 N–H and O–H groups in total. The van der Waals surface area contributed by atoms with Crippen molar-refractivity contribution in [2.24, 2.45) is 0 Å². The van der Waals surface area contributed by atoms with Gasteiger partial charge in [-0.1, -0.05) is 101 Å². The number of hydrogen-bond acceptors (Lipinski definition) is 3. The maximum absolute atomic E-state index is 5.92. The SMILES string of the molecule is CCCCCCCCCCCCOc1ccc(/C=C/c2ccc(-c3ccc(C)cn3)nc2)cc1. The summed E-state index contributed by atoms with van der Waals surface area (Å²) >= 11 is 0. The molecule has 34 heavy (non-hydrogen) atoms. The van der Waals surface area contributed by atoms with Crippen LogP contribution in [0.4, 0.5) is 0 Å². The molecular formula is C31H40N2O. The number of nitrogens with zero attached hydrogens (tertiary/aromatic N) is 2. The number of hydrogen-bond donors (Lipinski definition) is 0. The molecule has 3 rings (SSSR count). The van der Waals surface area contributed by atoms with Crippen molar-refractivity contribution in [2.45, 2.75) is 78.1 Å². The molecule has 0 aliphatic carbocycles. The lowest BCUT2D eigenvalue weighted by molar-refractivity contribution is 0.304. The smallest absolute Gasteiger partial charge is 0.119 e. The summed E-state index contributed by atoms with van der Waals surface area (Å²) in [6.45, 7) is 5.12. The molecule has 0 unspecified atom stereocenters. The molecule has 0 radical (unpaired) electrons. The Bertz CT molecular complexity index is 960. The lowest BCUT2D eigenvalue weighted by Crippen LogP contribution is -1.97. The highest BCUT2D eigenvalue weighted by Crippen LogP contribution is 2.18. The van der Waals surface area contributed by atoms with Gasteiger partial charge in [0.25, 0.3) is 0 Å². The average molecular weight is 457 g/mol. The fraction of sp³-hybridized carbons (Fsp3) is 0.419. The van der Waals surface area contributed by atoms with Gasteiger partial charge < -0.3 is 4.74 Å². The van der Waals surface area contributed by atoms with Crippen molar-refractivity contribution in [1.82, 2.24) is 9.97 Å². The summed E-state index contributed by atoms with van der Waals surface area (Å²) in [5.41, 5.74) is 5.15. The molecule has 0 fully saturated rings. The van der Waals surface area contributed by atoms with Crippen molar-refractivity contribution in [3.63, 3.8) is 0 Å². The van der Waals surface area contributed by atoms with E-state index in [1.165, 1.54) is 57.8 Å². The van der Waals surface area contributed by atoms with E-state index in [4.69, 9.17) is 4.74 Å². The van der Waals surface area contributed by atoms with Crippen LogP contribution in [0.15, 0.2) is 60.9 Å². The summed E-state index contributed by atoms with van der Waals surface area (Å²) in [5.74, 6) is 0.949. The van der Waals surface area contributed by atoms with Crippen LogP contribution in [0.25, 0.3) is 23.5 Å². The fourth-order valence-electron chi connectivity index (χ4n) is 3.92. The number of benzene rings is 1. The third-order valence-corrected chi connectivity index (χ3v) is 6.08. The first kappa shape index (κ1) is 25.7. The minimum atomic E-state index is 0.805. The molecule has 2 aromatic heterocycles. The molecule has 180 valence electrons. The van der Waals surface area contributed by atoms with Gasteiger partial charge in [-0.2, -0.15) is 0 Å². The zero-order valence-electron chi connectivity index (χ0n) is 21.0. The highest BCUT2D eigenvalue weighted by molar-refractivity contribution is 5.70. The number of pyridine rings is 2. The number of ether oxygens (including phenoxy) is 1. The number of rotatable bonds is 15. The van der Waals surface area contributed by atoms with Gasteiger partial charge in [-0.05, 0) is 54.3 Å². The second kappa shape index (κ2) is 15.1. The summed E-state index contributed by atoms with van der Waals surface area (Å²) in [7, 11) is 0. The molecule has 0 amide bonds. The minimum Gasteiger partial charge on any atom is -0.494 e. The number of aromatic nitrogens is 2. The highest BCUT2D eigenvalue weighted by Gasteiger charge is 2.00. The monoisotopic (exact) mass is 456 g/mol. The normalized spacial score (nSPS) is 11.2. The third-order valence-electron chi connectivity index (χ3n) is 6.08. The summed E-state index contributed by atoms with van der Waals surface area (Å²) < 4.78 is 5.92. The van der Waals surface area contributed by atoms with E-state index < -0.39 is 0 Å². The Morgan fingerprint density at radius 1 is 0.618 bits per heavy atom. The Labute approximate surface area is 206 Å². The van der Waals surface area contributed by atoms with Crippen LogP contribution in [0.1, 0.15) is 87.8 Å². The molecular weight excluding hydrogens is 416 g/mol. The fourth-order valence-corrected chi connectivity index (χ4v) is 3.92. The van der Waals surface area contributed by atoms with Crippen LogP contribution >= 0.6 is 0 Å². The Morgan fingerprint density at radius 2 is 1.18 bits per heavy atom. The molecule has 0 bridgehead atoms. The second-order valence-corrected chi connectivity index (χ2v) is 9.13. The van der Waals surface area contributed by atoms with Crippen molar-refractivity contribution in [3.05, 3.63) is 77.6 Å². The summed E-state index contributed by atoms with van der Waals surface area (Å²) in [6.07, 6.45) is 21.4. The van der Waals surface area contributed by atoms with E-state index in [9.17, 15) is 0 Å². The van der Waals surface area contributed by atoms with E-state index in [2.05, 4.69) is 65.4 Å². The largest absolute Gasteiger partial charge is 0.494 e. The predicted octanol–water partition coefficient (Wildman–Crippen LogP) is 8.92. The number of aryl methyl sites for hydroxylation is 1. The van der Waals surface area contributed by atoms with Crippen molar-refractivity contribution in [2.75, 3.05) is 6.61 Å². The van der Waals surface area contributed by atoms with Crippen molar-refractivity contribution in [3.8, 4) is 17.1 Å². The maximum Gasteiger partial charge on any atom is 0.119 e. The first-order valence-corrected chi connectivity index (χ1v) is 13.0. The first-order valence-electron chi connectivity index (χ1n) is 13.0. The van der Waals surface area contributed by atoms with E-state index in [-0.39, 0.29) is 0 Å². The van der Waals surface area contributed by atoms with E-state index in [1.807, 2.05) is 31.5 Å². The van der Waals surface area contributed by atoms with E-state index in [0.717, 1.165) is 46.9 Å². The molecule has 3 heteroatoms. The van der Waals surface area contributed by atoms with Gasteiger partial charge in [-0.25, -0.2) is 0 Å². The van der Waals surface area contributed by atoms with Crippen LogP contribution in [-0.4, -0.2) is 16.6 Å². The lowest BCUT2D eigenvalue weighted by atomic mass is 10.1. The van der Waals surface area contributed by atoms with Gasteiger partial charge in [0, 0.05) is 12.4 Å². The Balaban J connectivity index is 1.32. The lowest BCUT2D eigenvalue weighted by Gasteiger charge is -2.06.